The molecular weight excluding hydrogens is 395 g/mol. The average Bonchev–Trinajstić information content (AvgIpc) is 2.40. The highest BCUT2D eigenvalue weighted by Gasteiger charge is 2.48. The second-order valence-corrected chi connectivity index (χ2v) is 4.84. The molecule has 3 unspecified atom stereocenters. The van der Waals surface area contributed by atoms with E-state index in [9.17, 15) is 49.4 Å². The van der Waals surface area contributed by atoms with Crippen molar-refractivity contribution in [2.75, 3.05) is 19.8 Å². The van der Waals surface area contributed by atoms with Gasteiger partial charge in [0.15, 0.2) is 18.3 Å². The summed E-state index contributed by atoms with van der Waals surface area (Å²) in [4.78, 5) is 10.3. The van der Waals surface area contributed by atoms with Gasteiger partial charge in [0.2, 0.25) is 0 Å². The minimum Gasteiger partial charge on any atom is -0.547 e. The Balaban J connectivity index is 5.03. The molecule has 0 aromatic rings. The lowest BCUT2D eigenvalue weighted by Crippen LogP contribution is -2.50. The van der Waals surface area contributed by atoms with Gasteiger partial charge in [0.25, 0.3) is 0 Å². The molecule has 0 heterocycles. The van der Waals surface area contributed by atoms with Crippen LogP contribution in [0.25, 0.3) is 0 Å². The van der Waals surface area contributed by atoms with Crippen molar-refractivity contribution in [1.82, 2.24) is 0 Å². The maximum absolute atomic E-state index is 12.7. The van der Waals surface area contributed by atoms with Crippen molar-refractivity contribution < 1.29 is 63.6 Å². The lowest BCUT2D eigenvalue weighted by molar-refractivity contribution is -0.341. The smallest absolute Gasteiger partial charge is 0.420 e. The van der Waals surface area contributed by atoms with Gasteiger partial charge < -0.3 is 24.1 Å². The van der Waals surface area contributed by atoms with Crippen molar-refractivity contribution in [2.45, 2.75) is 50.2 Å². The molecule has 0 radical (unpaired) electrons. The average molecular weight is 409 g/mol. The molecule has 26 heavy (non-hydrogen) atoms. The molecule has 5 nitrogen and oxygen atoms in total. The number of carbonyl (C=O) groups is 1. The highest BCUT2D eigenvalue weighted by Crippen LogP contribution is 2.29. The van der Waals surface area contributed by atoms with Crippen LogP contribution in [0.1, 0.15) is 13.3 Å². The Hall–Kier alpha value is -1.28. The van der Waals surface area contributed by atoms with Crippen molar-refractivity contribution in [2.24, 2.45) is 0 Å². The monoisotopic (exact) mass is 409 g/mol. The standard InChI is InChI=1S/C12H15F9O5/c1-2-3-24-6(10(13,14)15)4-25-7(11(16,17)18)5-26-8(9(22)23)12(19,20)21/h6-8H,2-5H2,1H3,(H,22,23)/p-1. The first kappa shape index (κ1) is 24.7. The molecule has 0 saturated carbocycles. The molecule has 0 rings (SSSR count). The second kappa shape index (κ2) is 9.60. The number of hydrogen-bond acceptors (Lipinski definition) is 5. The molecule has 0 bridgehead atoms. The van der Waals surface area contributed by atoms with Crippen molar-refractivity contribution in [3.8, 4) is 0 Å². The largest absolute Gasteiger partial charge is 0.547 e. The van der Waals surface area contributed by atoms with Crippen LogP contribution in [0.3, 0.4) is 0 Å². The minimum absolute atomic E-state index is 0.108. The van der Waals surface area contributed by atoms with Gasteiger partial charge in [-0.05, 0) is 6.42 Å². The molecule has 0 aromatic heterocycles. The van der Waals surface area contributed by atoms with Crippen molar-refractivity contribution in [3.63, 3.8) is 0 Å². The second-order valence-electron chi connectivity index (χ2n) is 4.84. The molecule has 0 fully saturated rings. The summed E-state index contributed by atoms with van der Waals surface area (Å²) in [5, 5.41) is 10.3. The first-order chi connectivity index (χ1) is 11.6. The maximum atomic E-state index is 12.7. The predicted molar refractivity (Wildman–Crippen MR) is 62.7 cm³/mol. The molecule has 0 aliphatic carbocycles. The van der Waals surface area contributed by atoms with E-state index in [-0.39, 0.29) is 6.42 Å². The summed E-state index contributed by atoms with van der Waals surface area (Å²) in [6, 6.07) is 0. The molecular formula is C12H14F9O5-. The van der Waals surface area contributed by atoms with Gasteiger partial charge >= 0.3 is 18.5 Å². The number of alkyl halides is 9. The number of halogens is 9. The van der Waals surface area contributed by atoms with Gasteiger partial charge in [-0.2, -0.15) is 39.5 Å². The van der Waals surface area contributed by atoms with Crippen LogP contribution in [0.4, 0.5) is 39.5 Å². The van der Waals surface area contributed by atoms with Gasteiger partial charge in [-0.3, -0.25) is 0 Å². The molecule has 0 aliphatic heterocycles. The summed E-state index contributed by atoms with van der Waals surface area (Å²) in [5.41, 5.74) is 0. The Kier molecular flexibility index (Phi) is 9.12. The Bertz CT molecular complexity index is 432. The van der Waals surface area contributed by atoms with Crippen LogP contribution in [0.15, 0.2) is 0 Å². The van der Waals surface area contributed by atoms with Gasteiger partial charge in [0.05, 0.1) is 19.2 Å². The number of hydrogen-bond donors (Lipinski definition) is 0. The lowest BCUT2D eigenvalue weighted by Gasteiger charge is -2.28. The quantitative estimate of drug-likeness (QED) is 0.517. The SMILES string of the molecule is CCCOC(COC(COC(C(=O)[O-])C(F)(F)F)C(F)(F)F)C(F)(F)F. The zero-order chi connectivity index (χ0) is 20.8. The summed E-state index contributed by atoms with van der Waals surface area (Å²) in [5.74, 6) is -2.86. The fraction of sp³-hybridized carbons (Fsp3) is 0.917. The molecule has 156 valence electrons. The first-order valence-corrected chi connectivity index (χ1v) is 6.86. The number of rotatable bonds is 10. The summed E-state index contributed by atoms with van der Waals surface area (Å²) in [7, 11) is 0. The topological polar surface area (TPSA) is 67.8 Å². The zero-order valence-electron chi connectivity index (χ0n) is 13.0. The minimum atomic E-state index is -5.59. The van der Waals surface area contributed by atoms with E-state index in [4.69, 9.17) is 0 Å². The Labute approximate surface area is 141 Å². The third-order valence-corrected chi connectivity index (χ3v) is 2.63. The maximum Gasteiger partial charge on any atom is 0.420 e. The van der Waals surface area contributed by atoms with Crippen LogP contribution in [0, 0.1) is 0 Å². The summed E-state index contributed by atoms with van der Waals surface area (Å²) in [6.45, 7) is -2.72. The van der Waals surface area contributed by atoms with E-state index in [2.05, 4.69) is 14.2 Å². The highest BCUT2D eigenvalue weighted by atomic mass is 19.4. The molecule has 3 atom stereocenters. The Morgan fingerprint density at radius 1 is 0.808 bits per heavy atom. The summed E-state index contributed by atoms with van der Waals surface area (Å²) < 4.78 is 125. The molecule has 0 amide bonds. The van der Waals surface area contributed by atoms with E-state index in [1.54, 1.807) is 0 Å². The normalized spacial score (nSPS) is 17.0. The third-order valence-electron chi connectivity index (χ3n) is 2.63. The molecule has 0 aromatic carbocycles. The number of carboxylic acid groups (broad SMARTS) is 1. The summed E-state index contributed by atoms with van der Waals surface area (Å²) in [6.07, 6.45) is -25.7. The number of aliphatic carboxylic acids is 1. The lowest BCUT2D eigenvalue weighted by atomic mass is 10.3. The first-order valence-electron chi connectivity index (χ1n) is 6.86. The van der Waals surface area contributed by atoms with E-state index in [0.29, 0.717) is 0 Å². The van der Waals surface area contributed by atoms with Crippen LogP contribution < -0.4 is 5.11 Å². The molecule has 0 spiro atoms. The highest BCUT2D eigenvalue weighted by molar-refractivity contribution is 5.71. The van der Waals surface area contributed by atoms with Crippen LogP contribution in [-0.4, -0.2) is 62.6 Å². The van der Waals surface area contributed by atoms with E-state index in [1.807, 2.05) is 0 Å². The van der Waals surface area contributed by atoms with E-state index in [0.717, 1.165) is 0 Å². The van der Waals surface area contributed by atoms with Crippen molar-refractivity contribution in [1.29, 1.82) is 0 Å². The third kappa shape index (κ3) is 8.89. The van der Waals surface area contributed by atoms with Crippen LogP contribution >= 0.6 is 0 Å². The molecule has 0 N–H and O–H groups in total. The van der Waals surface area contributed by atoms with Gasteiger partial charge in [-0.25, -0.2) is 0 Å². The van der Waals surface area contributed by atoms with E-state index in [1.165, 1.54) is 6.92 Å². The molecule has 0 aliphatic rings. The van der Waals surface area contributed by atoms with Crippen molar-refractivity contribution >= 4 is 5.97 Å². The van der Waals surface area contributed by atoms with Gasteiger partial charge in [0.1, 0.15) is 0 Å². The van der Waals surface area contributed by atoms with Crippen LogP contribution in [-0.2, 0) is 19.0 Å². The molecule has 14 heteroatoms. The molecule has 0 saturated heterocycles. The van der Waals surface area contributed by atoms with Gasteiger partial charge in [0, 0.05) is 6.61 Å². The zero-order valence-corrected chi connectivity index (χ0v) is 13.0. The van der Waals surface area contributed by atoms with Crippen molar-refractivity contribution in [3.05, 3.63) is 0 Å². The number of carboxylic acids is 1. The van der Waals surface area contributed by atoms with Gasteiger partial charge in [-0.15, -0.1) is 0 Å². The summed E-state index contributed by atoms with van der Waals surface area (Å²) >= 11 is 0. The van der Waals surface area contributed by atoms with Crippen LogP contribution in [0.2, 0.25) is 0 Å². The predicted octanol–water partition coefficient (Wildman–Crippen LogP) is 1.99. The fourth-order valence-electron chi connectivity index (χ4n) is 1.42. The number of ether oxygens (including phenoxy) is 3. The van der Waals surface area contributed by atoms with E-state index < -0.39 is 62.6 Å². The van der Waals surface area contributed by atoms with Crippen LogP contribution in [0.5, 0.6) is 0 Å². The fourth-order valence-corrected chi connectivity index (χ4v) is 1.42. The Morgan fingerprint density at radius 2 is 1.23 bits per heavy atom. The Morgan fingerprint density at radius 3 is 1.58 bits per heavy atom. The van der Waals surface area contributed by atoms with Gasteiger partial charge in [-0.1, -0.05) is 6.92 Å². The van der Waals surface area contributed by atoms with E-state index >= 15 is 0 Å². The number of carbonyl (C=O) groups excluding carboxylic acids is 1.